The molecule has 3 aliphatic heterocycles. The van der Waals surface area contributed by atoms with E-state index in [2.05, 4.69) is 18.2 Å². The Bertz CT molecular complexity index is 865. The first kappa shape index (κ1) is 23.2. The maximum atomic E-state index is 10.6. The van der Waals surface area contributed by atoms with Gasteiger partial charge in [-0.1, -0.05) is 49.6 Å². The third kappa shape index (κ3) is 5.33. The SMILES string of the molecule is OC[C@H]1O[C@@H](c2ccc3c(c2)Cc2ccc(cc2)OCCCCCCC3)[C@H](O)[C@@H](O)[C@@H]1O. The summed E-state index contributed by atoms with van der Waals surface area (Å²) in [4.78, 5) is 0. The number of rotatable bonds is 2. The molecule has 0 spiro atoms. The Hall–Kier alpha value is -1.96. The van der Waals surface area contributed by atoms with E-state index in [0.717, 1.165) is 49.2 Å². The predicted octanol–water partition coefficient (Wildman–Crippen LogP) is 2.68. The van der Waals surface area contributed by atoms with Gasteiger partial charge in [-0.3, -0.25) is 0 Å². The number of aliphatic hydroxyl groups excluding tert-OH is 4. The van der Waals surface area contributed by atoms with Crippen molar-refractivity contribution in [3.63, 3.8) is 0 Å². The van der Waals surface area contributed by atoms with Gasteiger partial charge in [-0.25, -0.2) is 0 Å². The van der Waals surface area contributed by atoms with E-state index in [9.17, 15) is 20.4 Å². The maximum absolute atomic E-state index is 10.6. The van der Waals surface area contributed by atoms with E-state index < -0.39 is 37.1 Å². The minimum atomic E-state index is -1.38. The lowest BCUT2D eigenvalue weighted by Gasteiger charge is -2.40. The van der Waals surface area contributed by atoms with E-state index in [-0.39, 0.29) is 0 Å². The van der Waals surface area contributed by atoms with E-state index in [1.165, 1.54) is 30.4 Å². The van der Waals surface area contributed by atoms with E-state index in [4.69, 9.17) is 9.47 Å². The van der Waals surface area contributed by atoms with Gasteiger partial charge in [-0.15, -0.1) is 0 Å². The quantitative estimate of drug-likeness (QED) is 0.571. The highest BCUT2D eigenvalue weighted by Gasteiger charge is 2.44. The van der Waals surface area contributed by atoms with Gasteiger partial charge in [0.25, 0.3) is 0 Å². The van der Waals surface area contributed by atoms with Crippen molar-refractivity contribution in [3.8, 4) is 5.75 Å². The zero-order valence-electron chi connectivity index (χ0n) is 18.4. The first-order chi connectivity index (χ1) is 15.6. The normalized spacial score (nSPS) is 29.4. The molecule has 2 bridgehead atoms. The van der Waals surface area contributed by atoms with E-state index in [1.807, 2.05) is 24.3 Å². The van der Waals surface area contributed by atoms with Crippen molar-refractivity contribution in [3.05, 3.63) is 64.7 Å². The molecule has 2 aromatic carbocycles. The summed E-state index contributed by atoms with van der Waals surface area (Å²) in [5.74, 6) is 0.888. The Labute approximate surface area is 189 Å². The van der Waals surface area contributed by atoms with Crippen LogP contribution in [0.15, 0.2) is 42.5 Å². The monoisotopic (exact) mass is 442 g/mol. The summed E-state index contributed by atoms with van der Waals surface area (Å²) in [6.45, 7) is 0.322. The number of hydrogen-bond donors (Lipinski definition) is 4. The summed E-state index contributed by atoms with van der Waals surface area (Å²) in [6.07, 6.45) is 1.71. The molecule has 174 valence electrons. The number of fused-ring (bicyclic) bond motifs is 9. The highest BCUT2D eigenvalue weighted by molar-refractivity contribution is 5.39. The molecule has 0 radical (unpaired) electrons. The van der Waals surface area contributed by atoms with Gasteiger partial charge in [0, 0.05) is 0 Å². The molecule has 0 aromatic heterocycles. The number of aliphatic hydroxyl groups is 4. The number of hydrogen-bond acceptors (Lipinski definition) is 6. The van der Waals surface area contributed by atoms with Crippen LogP contribution < -0.4 is 4.74 Å². The molecule has 5 atom stereocenters. The van der Waals surface area contributed by atoms with Crippen LogP contribution in [0.4, 0.5) is 0 Å². The van der Waals surface area contributed by atoms with E-state index in [0.29, 0.717) is 0 Å². The van der Waals surface area contributed by atoms with Gasteiger partial charge in [0.05, 0.1) is 13.2 Å². The van der Waals surface area contributed by atoms with Crippen LogP contribution in [0.2, 0.25) is 0 Å². The second kappa shape index (κ2) is 10.8. The molecule has 1 saturated heterocycles. The fourth-order valence-corrected chi connectivity index (χ4v) is 4.67. The van der Waals surface area contributed by atoms with Gasteiger partial charge >= 0.3 is 0 Å². The highest BCUT2D eigenvalue weighted by atomic mass is 16.5. The first-order valence-corrected chi connectivity index (χ1v) is 11.7. The summed E-state index contributed by atoms with van der Waals surface area (Å²) in [5.41, 5.74) is 4.33. The summed E-state index contributed by atoms with van der Waals surface area (Å²) in [7, 11) is 0. The van der Waals surface area contributed by atoms with Gasteiger partial charge in [0.1, 0.15) is 36.3 Å². The lowest BCUT2D eigenvalue weighted by molar-refractivity contribution is -0.231. The smallest absolute Gasteiger partial charge is 0.119 e. The lowest BCUT2D eigenvalue weighted by Crippen LogP contribution is -2.55. The minimum absolute atomic E-state index is 0.430. The van der Waals surface area contributed by atoms with Crippen LogP contribution in [0, 0.1) is 0 Å². The third-order valence-corrected chi connectivity index (χ3v) is 6.63. The van der Waals surface area contributed by atoms with Crippen LogP contribution in [0.3, 0.4) is 0 Å². The topological polar surface area (TPSA) is 99.4 Å². The van der Waals surface area contributed by atoms with Gasteiger partial charge in [-0.05, 0) is 60.1 Å². The van der Waals surface area contributed by atoms with E-state index >= 15 is 0 Å². The average Bonchev–Trinajstić information content (AvgIpc) is 2.82. The Morgan fingerprint density at radius 3 is 2.31 bits per heavy atom. The van der Waals surface area contributed by atoms with Crippen LogP contribution in [0.5, 0.6) is 5.75 Å². The molecule has 0 saturated carbocycles. The number of benzene rings is 2. The Kier molecular flexibility index (Phi) is 7.81. The molecule has 4 N–H and O–H groups in total. The van der Waals surface area contributed by atoms with Crippen molar-refractivity contribution in [2.75, 3.05) is 13.2 Å². The Morgan fingerprint density at radius 1 is 0.781 bits per heavy atom. The molecule has 0 amide bonds. The molecular weight excluding hydrogens is 408 g/mol. The molecule has 0 unspecified atom stereocenters. The summed E-state index contributed by atoms with van der Waals surface area (Å²) >= 11 is 0. The van der Waals surface area contributed by atoms with Gasteiger partial charge in [0.15, 0.2) is 0 Å². The van der Waals surface area contributed by atoms with Gasteiger partial charge in [0.2, 0.25) is 0 Å². The van der Waals surface area contributed by atoms with Gasteiger partial charge < -0.3 is 29.9 Å². The minimum Gasteiger partial charge on any atom is -0.494 e. The molecule has 6 nitrogen and oxygen atoms in total. The molecule has 5 rings (SSSR count). The third-order valence-electron chi connectivity index (χ3n) is 6.63. The molecular formula is C26H34O6. The van der Waals surface area contributed by atoms with Crippen molar-refractivity contribution in [2.45, 2.75) is 75.5 Å². The van der Waals surface area contributed by atoms with Crippen LogP contribution in [-0.2, 0) is 17.6 Å². The maximum Gasteiger partial charge on any atom is 0.119 e. The van der Waals surface area contributed by atoms with Gasteiger partial charge in [-0.2, -0.15) is 0 Å². The second-order valence-electron chi connectivity index (χ2n) is 8.96. The molecule has 32 heavy (non-hydrogen) atoms. The fraction of sp³-hybridized carbons (Fsp3) is 0.538. The molecule has 0 aliphatic carbocycles. The molecule has 3 heterocycles. The van der Waals surface area contributed by atoms with Crippen LogP contribution in [0.1, 0.15) is 60.5 Å². The van der Waals surface area contributed by atoms with Crippen molar-refractivity contribution in [1.82, 2.24) is 0 Å². The standard InChI is InChI=1S/C26H34O6/c27-16-22-23(28)24(29)25(30)26(32-22)19-10-9-18-6-4-2-1-3-5-13-31-21-11-7-17(8-12-21)14-20(18)15-19/h7-12,15,22-30H,1-6,13-14,16H2/t22-,23-,24+,25-,26+/m1/s1. The molecule has 1 fully saturated rings. The van der Waals surface area contributed by atoms with Crippen LogP contribution >= 0.6 is 0 Å². The van der Waals surface area contributed by atoms with Crippen molar-refractivity contribution in [2.24, 2.45) is 0 Å². The Morgan fingerprint density at radius 2 is 1.53 bits per heavy atom. The predicted molar refractivity (Wildman–Crippen MR) is 121 cm³/mol. The Balaban J connectivity index is 1.62. The molecule has 3 aliphatic rings. The number of ether oxygens (including phenoxy) is 2. The average molecular weight is 443 g/mol. The summed E-state index contributed by atoms with van der Waals surface area (Å²) in [5, 5.41) is 40.4. The zero-order valence-corrected chi connectivity index (χ0v) is 18.4. The second-order valence-corrected chi connectivity index (χ2v) is 8.96. The molecule has 6 heteroatoms. The number of aryl methyl sites for hydroxylation is 1. The first-order valence-electron chi connectivity index (χ1n) is 11.7. The summed E-state index contributed by atoms with van der Waals surface area (Å²) < 4.78 is 11.6. The van der Waals surface area contributed by atoms with Crippen molar-refractivity contribution >= 4 is 0 Å². The fourth-order valence-electron chi connectivity index (χ4n) is 4.67. The largest absolute Gasteiger partial charge is 0.494 e. The zero-order chi connectivity index (χ0) is 22.5. The van der Waals surface area contributed by atoms with Crippen LogP contribution in [-0.4, -0.2) is 58.1 Å². The van der Waals surface area contributed by atoms with Crippen molar-refractivity contribution < 1.29 is 29.9 Å². The van der Waals surface area contributed by atoms with Crippen molar-refractivity contribution in [1.29, 1.82) is 0 Å². The highest BCUT2D eigenvalue weighted by Crippen LogP contribution is 2.34. The lowest BCUT2D eigenvalue weighted by atomic mass is 9.88. The molecule has 2 aromatic rings. The summed E-state index contributed by atoms with van der Waals surface area (Å²) in [6, 6.07) is 14.2. The van der Waals surface area contributed by atoms with E-state index in [1.54, 1.807) is 0 Å². The van der Waals surface area contributed by atoms with Crippen LogP contribution in [0.25, 0.3) is 0 Å².